The maximum atomic E-state index is 12.6. The van der Waals surface area contributed by atoms with E-state index in [1.807, 2.05) is 67.5 Å². The summed E-state index contributed by atoms with van der Waals surface area (Å²) in [4.78, 5) is 40.3. The molecule has 40 heavy (non-hydrogen) atoms. The van der Waals surface area contributed by atoms with E-state index >= 15 is 0 Å². The van der Waals surface area contributed by atoms with Gasteiger partial charge in [-0.1, -0.05) is 18.2 Å². The number of allylic oxidation sites excluding steroid dienone is 1. The lowest BCUT2D eigenvalue weighted by Gasteiger charge is -2.13. The number of anilines is 2. The molecule has 0 radical (unpaired) electrons. The quantitative estimate of drug-likeness (QED) is 0.242. The molecule has 0 unspecified atom stereocenters. The number of carbonyl (C=O) groups is 1. The maximum Gasteiger partial charge on any atom is 0.255 e. The first-order valence-corrected chi connectivity index (χ1v) is 12.4. The molecule has 0 saturated heterocycles. The molecular formula is C29H24N10O. The normalized spacial score (nSPS) is 11.6. The number of nitrogens with one attached hydrogen (secondary N) is 3. The van der Waals surface area contributed by atoms with Crippen LogP contribution < -0.4 is 10.2 Å². The number of amides is 1. The van der Waals surface area contributed by atoms with Gasteiger partial charge in [0.1, 0.15) is 11.0 Å². The Hall–Kier alpha value is -5.71. The van der Waals surface area contributed by atoms with Crippen LogP contribution in [0.1, 0.15) is 17.3 Å². The second-order valence-corrected chi connectivity index (χ2v) is 9.10. The monoisotopic (exact) mass is 528 g/mol. The number of nitrogens with zero attached hydrogens (tertiary/aromatic N) is 7. The summed E-state index contributed by atoms with van der Waals surface area (Å²) in [5.74, 6) is 1.01. The molecule has 11 heteroatoms. The fourth-order valence-electron chi connectivity index (χ4n) is 4.34. The molecule has 1 aromatic carbocycles. The lowest BCUT2D eigenvalue weighted by molar-refractivity contribution is 0.102. The molecule has 5 aromatic heterocycles. The van der Waals surface area contributed by atoms with E-state index in [9.17, 15) is 4.79 Å². The Morgan fingerprint density at radius 3 is 2.73 bits per heavy atom. The van der Waals surface area contributed by atoms with Gasteiger partial charge in [-0.2, -0.15) is 5.10 Å². The third-order valence-corrected chi connectivity index (χ3v) is 6.31. The van der Waals surface area contributed by atoms with Crippen molar-refractivity contribution in [3.63, 3.8) is 0 Å². The summed E-state index contributed by atoms with van der Waals surface area (Å²) in [6.45, 7) is 5.43. The smallest absolute Gasteiger partial charge is 0.255 e. The average molecular weight is 529 g/mol. The van der Waals surface area contributed by atoms with Gasteiger partial charge in [-0.25, -0.2) is 15.0 Å². The molecule has 6 aromatic rings. The molecule has 0 aliphatic heterocycles. The number of carbonyl (C=O) groups excluding carboxylic acids is 1. The van der Waals surface area contributed by atoms with E-state index in [4.69, 9.17) is 9.97 Å². The molecule has 6 rings (SSSR count). The molecular weight excluding hydrogens is 504 g/mol. The number of hydrogen-bond acceptors (Lipinski definition) is 8. The number of aromatic nitrogens is 7. The van der Waals surface area contributed by atoms with Crippen LogP contribution in [0.15, 0.2) is 90.1 Å². The molecule has 0 aliphatic rings. The number of fused-ring (bicyclic) bond motifs is 2. The number of benzene rings is 1. The van der Waals surface area contributed by atoms with Gasteiger partial charge < -0.3 is 15.2 Å². The number of hydrogen-bond donors (Lipinski definition) is 3. The summed E-state index contributed by atoms with van der Waals surface area (Å²) in [5.41, 5.74) is 6.77. The van der Waals surface area contributed by atoms with Crippen molar-refractivity contribution in [3.05, 3.63) is 90.6 Å². The Labute approximate surface area is 228 Å². The fourth-order valence-corrected chi connectivity index (χ4v) is 4.34. The van der Waals surface area contributed by atoms with Crippen molar-refractivity contribution >= 4 is 46.2 Å². The highest BCUT2D eigenvalue weighted by Crippen LogP contribution is 2.30. The zero-order chi connectivity index (χ0) is 27.6. The van der Waals surface area contributed by atoms with Gasteiger partial charge in [-0.05, 0) is 50.0 Å². The fraction of sp³-hybridized carbons (Fsp3) is 0.0690. The van der Waals surface area contributed by atoms with E-state index in [2.05, 4.69) is 42.2 Å². The van der Waals surface area contributed by atoms with Crippen LogP contribution in [0.3, 0.4) is 0 Å². The Bertz CT molecular complexity index is 1900. The lowest BCUT2D eigenvalue weighted by Crippen LogP contribution is -2.11. The second-order valence-electron chi connectivity index (χ2n) is 9.10. The minimum atomic E-state index is -0.212. The van der Waals surface area contributed by atoms with Crippen LogP contribution in [0.4, 0.5) is 11.5 Å². The van der Waals surface area contributed by atoms with Crippen molar-refractivity contribution in [1.29, 1.82) is 0 Å². The first-order valence-electron chi connectivity index (χ1n) is 12.4. The van der Waals surface area contributed by atoms with E-state index in [0.717, 1.165) is 22.3 Å². The summed E-state index contributed by atoms with van der Waals surface area (Å²) in [6, 6.07) is 16.5. The third kappa shape index (κ3) is 4.67. The summed E-state index contributed by atoms with van der Waals surface area (Å²) in [6.07, 6.45) is 6.86. The zero-order valence-corrected chi connectivity index (χ0v) is 21.8. The summed E-state index contributed by atoms with van der Waals surface area (Å²) >= 11 is 0. The highest BCUT2D eigenvalue weighted by Gasteiger charge is 2.18. The van der Waals surface area contributed by atoms with E-state index in [-0.39, 0.29) is 5.91 Å². The van der Waals surface area contributed by atoms with Crippen LogP contribution in [0.25, 0.3) is 44.8 Å². The van der Waals surface area contributed by atoms with Crippen molar-refractivity contribution in [1.82, 2.24) is 35.1 Å². The number of pyridine rings is 3. The molecule has 3 N–H and O–H groups in total. The predicted molar refractivity (Wildman–Crippen MR) is 156 cm³/mol. The number of H-pyrrole nitrogens is 2. The first kappa shape index (κ1) is 24.6. The van der Waals surface area contributed by atoms with Gasteiger partial charge in [0.05, 0.1) is 34.3 Å². The van der Waals surface area contributed by atoms with Crippen LogP contribution in [0.5, 0.6) is 0 Å². The zero-order valence-electron chi connectivity index (χ0n) is 21.8. The van der Waals surface area contributed by atoms with Gasteiger partial charge in [0, 0.05) is 36.8 Å². The molecule has 196 valence electrons. The largest absolute Gasteiger partial charge is 0.336 e. The van der Waals surface area contributed by atoms with Crippen molar-refractivity contribution < 1.29 is 4.79 Å². The van der Waals surface area contributed by atoms with Gasteiger partial charge in [-0.3, -0.25) is 19.9 Å². The van der Waals surface area contributed by atoms with Crippen molar-refractivity contribution in [2.24, 2.45) is 4.99 Å². The van der Waals surface area contributed by atoms with Crippen molar-refractivity contribution in [2.45, 2.75) is 6.92 Å². The molecule has 11 nitrogen and oxygen atoms in total. The van der Waals surface area contributed by atoms with Gasteiger partial charge >= 0.3 is 0 Å². The summed E-state index contributed by atoms with van der Waals surface area (Å²) in [7, 11) is 1.88. The predicted octanol–water partition coefficient (Wildman–Crippen LogP) is 5.21. The van der Waals surface area contributed by atoms with E-state index in [1.165, 1.54) is 0 Å². The van der Waals surface area contributed by atoms with E-state index < -0.39 is 0 Å². The Balaban J connectivity index is 1.35. The van der Waals surface area contributed by atoms with Gasteiger partial charge in [0.15, 0.2) is 17.3 Å². The highest BCUT2D eigenvalue weighted by atomic mass is 16.1. The maximum absolute atomic E-state index is 12.6. The first-order chi connectivity index (χ1) is 19.5. The van der Waals surface area contributed by atoms with Gasteiger partial charge in [0.25, 0.3) is 5.91 Å². The van der Waals surface area contributed by atoms with Crippen LogP contribution in [0.2, 0.25) is 0 Å². The average Bonchev–Trinajstić information content (AvgIpc) is 3.61. The minimum absolute atomic E-state index is 0.212. The molecule has 1 amide bonds. The standard InChI is InChI=1S/C29H24N10O/c1-17(30-2)16-39(3)28-25-22(11-12-32-28)35-27(36-25)26-24-23(37-38-26)10-9-21(34-24)19-13-20(15-31-14-19)33-29(40)18-7-5-4-6-8-18/h4-16H,2H2,1,3H3,(H,33,40)(H,35,36)(H,37,38)/b17-16-. The number of aliphatic imine (C=N–C) groups is 1. The topological polar surface area (TPSA) is 141 Å². The van der Waals surface area contributed by atoms with Gasteiger partial charge in [-0.15, -0.1) is 0 Å². The van der Waals surface area contributed by atoms with Crippen LogP contribution in [-0.4, -0.2) is 54.8 Å². The molecule has 0 aliphatic carbocycles. The molecule has 0 atom stereocenters. The Morgan fingerprint density at radius 2 is 1.90 bits per heavy atom. The van der Waals surface area contributed by atoms with Crippen molar-refractivity contribution in [3.8, 4) is 22.8 Å². The Kier molecular flexibility index (Phi) is 6.29. The number of imidazole rings is 1. The van der Waals surface area contributed by atoms with E-state index in [1.54, 1.807) is 30.7 Å². The summed E-state index contributed by atoms with van der Waals surface area (Å²) in [5, 5.41) is 10.4. The highest BCUT2D eigenvalue weighted by molar-refractivity contribution is 6.04. The van der Waals surface area contributed by atoms with Crippen LogP contribution in [-0.2, 0) is 0 Å². The minimum Gasteiger partial charge on any atom is -0.336 e. The molecule has 0 fully saturated rings. The van der Waals surface area contributed by atoms with Gasteiger partial charge in [0.2, 0.25) is 0 Å². The SMILES string of the molecule is C=N/C(C)=C\N(C)c1nccc2[nH]c(-c3n[nH]c4ccc(-c5cncc(NC(=O)c6ccccc6)c5)nc34)nc12. The van der Waals surface area contributed by atoms with Crippen molar-refractivity contribution in [2.75, 3.05) is 17.3 Å². The number of rotatable bonds is 7. The molecule has 0 saturated carbocycles. The Morgan fingerprint density at radius 1 is 1.05 bits per heavy atom. The molecule has 0 spiro atoms. The molecule has 0 bridgehead atoms. The summed E-state index contributed by atoms with van der Waals surface area (Å²) < 4.78 is 0. The third-order valence-electron chi connectivity index (χ3n) is 6.31. The molecule has 5 heterocycles. The van der Waals surface area contributed by atoms with E-state index in [0.29, 0.717) is 45.3 Å². The second kappa shape index (κ2) is 10.2. The number of aromatic amines is 2. The van der Waals surface area contributed by atoms with Crippen LogP contribution in [0, 0.1) is 0 Å². The lowest BCUT2D eigenvalue weighted by atomic mass is 10.1. The van der Waals surface area contributed by atoms with Crippen LogP contribution >= 0.6 is 0 Å².